The molecule has 1 heterocycles. The van der Waals surface area contributed by atoms with Crippen LogP contribution in [0, 0.1) is 0 Å². The summed E-state index contributed by atoms with van der Waals surface area (Å²) in [7, 11) is -4.20. The van der Waals surface area contributed by atoms with Crippen LogP contribution in [-0.2, 0) is 10.1 Å². The van der Waals surface area contributed by atoms with Gasteiger partial charge in [-0.2, -0.15) is 8.42 Å². The van der Waals surface area contributed by atoms with Crippen molar-refractivity contribution in [2.75, 3.05) is 10.6 Å². The van der Waals surface area contributed by atoms with Gasteiger partial charge in [-0.15, -0.1) is 0 Å². The smallest absolute Gasteiger partial charge is 0.296 e. The van der Waals surface area contributed by atoms with E-state index in [4.69, 9.17) is 0 Å². The number of hydrogen-bond donors (Lipinski definition) is 3. The fraction of sp³-hybridized carbons (Fsp3) is 0.667. The van der Waals surface area contributed by atoms with Gasteiger partial charge in [0.05, 0.1) is 17.5 Å². The van der Waals surface area contributed by atoms with Gasteiger partial charge in [0.15, 0.2) is 0 Å². The van der Waals surface area contributed by atoms with Crippen LogP contribution in [0.3, 0.4) is 0 Å². The van der Waals surface area contributed by atoms with E-state index >= 15 is 0 Å². The molecule has 1 atom stereocenters. The van der Waals surface area contributed by atoms with Crippen LogP contribution in [0.5, 0.6) is 0 Å². The first-order valence-corrected chi connectivity index (χ1v) is 10.6. The predicted molar refractivity (Wildman–Crippen MR) is 99.1 cm³/mol. The molecule has 0 amide bonds. The zero-order valence-electron chi connectivity index (χ0n) is 14.6. The third-order valence-electron chi connectivity index (χ3n) is 4.55. The Morgan fingerprint density at radius 3 is 2.21 bits per heavy atom. The van der Waals surface area contributed by atoms with E-state index in [0.29, 0.717) is 5.69 Å². The van der Waals surface area contributed by atoms with Gasteiger partial charge in [-0.25, -0.2) is 0 Å². The first-order chi connectivity index (χ1) is 11.5. The summed E-state index contributed by atoms with van der Waals surface area (Å²) in [5, 5.41) is 6.47. The lowest BCUT2D eigenvalue weighted by molar-refractivity contribution is 0.483. The first kappa shape index (κ1) is 19.1. The van der Waals surface area contributed by atoms with Crippen LogP contribution >= 0.6 is 0 Å². The molecule has 1 aromatic rings. The van der Waals surface area contributed by atoms with Crippen molar-refractivity contribution in [3.63, 3.8) is 0 Å². The highest BCUT2D eigenvalue weighted by Gasteiger charge is 2.26. The van der Waals surface area contributed by atoms with Crippen LogP contribution in [0.4, 0.5) is 11.4 Å². The standard InChI is InChI=1S/C18H30N2O3S/c1-2-3-4-5-6-7-8-9-10-14-17-19-15-12-11-13-16(18(15)20-17)24(21,22)23/h11-13,17,19-20H,2-10,14H2,1H3,(H,21,22,23). The molecule has 0 saturated heterocycles. The number of fused-ring (bicyclic) bond motifs is 1. The minimum Gasteiger partial charge on any atom is -0.364 e. The Morgan fingerprint density at radius 2 is 1.58 bits per heavy atom. The van der Waals surface area contributed by atoms with E-state index in [-0.39, 0.29) is 11.1 Å². The van der Waals surface area contributed by atoms with Crippen LogP contribution < -0.4 is 10.6 Å². The van der Waals surface area contributed by atoms with Crippen molar-refractivity contribution >= 4 is 21.5 Å². The average molecular weight is 355 g/mol. The molecule has 3 N–H and O–H groups in total. The Labute approximate surface area is 146 Å². The van der Waals surface area contributed by atoms with Crippen molar-refractivity contribution in [2.24, 2.45) is 0 Å². The SMILES string of the molecule is CCCCCCCCCCCC1Nc2cccc(S(=O)(=O)O)c2N1. The number of para-hydroxylation sites is 1. The molecule has 0 aliphatic carbocycles. The lowest BCUT2D eigenvalue weighted by Crippen LogP contribution is -2.22. The monoisotopic (exact) mass is 354 g/mol. The Kier molecular flexibility index (Phi) is 7.37. The van der Waals surface area contributed by atoms with E-state index < -0.39 is 10.1 Å². The van der Waals surface area contributed by atoms with Crippen molar-refractivity contribution in [3.8, 4) is 0 Å². The van der Waals surface area contributed by atoms with Gasteiger partial charge in [-0.1, -0.05) is 64.4 Å². The molecule has 0 radical (unpaired) electrons. The van der Waals surface area contributed by atoms with E-state index in [1.807, 2.05) is 6.07 Å². The summed E-state index contributed by atoms with van der Waals surface area (Å²) >= 11 is 0. The molecule has 0 fully saturated rings. The summed E-state index contributed by atoms with van der Waals surface area (Å²) in [6.45, 7) is 2.24. The molecule has 1 unspecified atom stereocenters. The summed E-state index contributed by atoms with van der Waals surface area (Å²) in [5.74, 6) is 0. The van der Waals surface area contributed by atoms with Crippen LogP contribution in [-0.4, -0.2) is 19.1 Å². The topological polar surface area (TPSA) is 78.4 Å². The van der Waals surface area contributed by atoms with Gasteiger partial charge >= 0.3 is 0 Å². The molecular formula is C18H30N2O3S. The summed E-state index contributed by atoms with van der Waals surface area (Å²) in [6.07, 6.45) is 12.6. The van der Waals surface area contributed by atoms with E-state index in [9.17, 15) is 13.0 Å². The second kappa shape index (κ2) is 9.28. The molecular weight excluding hydrogens is 324 g/mol. The fourth-order valence-electron chi connectivity index (χ4n) is 3.22. The number of nitrogens with one attached hydrogen (secondary N) is 2. The van der Waals surface area contributed by atoms with Gasteiger partial charge in [0.2, 0.25) is 0 Å². The summed E-state index contributed by atoms with van der Waals surface area (Å²) in [5.41, 5.74) is 1.23. The largest absolute Gasteiger partial charge is 0.364 e. The average Bonchev–Trinajstić information content (AvgIpc) is 2.95. The van der Waals surface area contributed by atoms with Crippen molar-refractivity contribution < 1.29 is 13.0 Å². The maximum absolute atomic E-state index is 11.4. The Balaban J connectivity index is 1.66. The fourth-order valence-corrected chi connectivity index (χ4v) is 3.89. The van der Waals surface area contributed by atoms with Crippen LogP contribution in [0.15, 0.2) is 23.1 Å². The number of unbranched alkanes of at least 4 members (excludes halogenated alkanes) is 8. The van der Waals surface area contributed by atoms with Crippen molar-refractivity contribution in [1.82, 2.24) is 0 Å². The van der Waals surface area contributed by atoms with Gasteiger partial charge in [0.25, 0.3) is 10.1 Å². The number of anilines is 2. The van der Waals surface area contributed by atoms with Gasteiger partial charge in [0.1, 0.15) is 4.90 Å². The second-order valence-electron chi connectivity index (χ2n) is 6.61. The van der Waals surface area contributed by atoms with E-state index in [1.165, 1.54) is 57.4 Å². The number of hydrogen-bond acceptors (Lipinski definition) is 4. The Hall–Kier alpha value is -1.27. The Morgan fingerprint density at radius 1 is 0.958 bits per heavy atom. The van der Waals surface area contributed by atoms with E-state index in [0.717, 1.165) is 18.5 Å². The molecule has 1 aliphatic rings. The van der Waals surface area contributed by atoms with Gasteiger partial charge in [0, 0.05) is 0 Å². The zero-order valence-corrected chi connectivity index (χ0v) is 15.4. The molecule has 1 aliphatic heterocycles. The van der Waals surface area contributed by atoms with Gasteiger partial charge < -0.3 is 10.6 Å². The third-order valence-corrected chi connectivity index (χ3v) is 5.44. The summed E-state index contributed by atoms with van der Waals surface area (Å²) in [6, 6.07) is 4.88. The quantitative estimate of drug-likeness (QED) is 0.384. The van der Waals surface area contributed by atoms with E-state index in [1.54, 1.807) is 6.07 Å². The van der Waals surface area contributed by atoms with Gasteiger partial charge in [-0.3, -0.25) is 4.55 Å². The van der Waals surface area contributed by atoms with Crippen molar-refractivity contribution in [3.05, 3.63) is 18.2 Å². The molecule has 24 heavy (non-hydrogen) atoms. The Bertz CT molecular complexity index is 617. The highest BCUT2D eigenvalue weighted by molar-refractivity contribution is 7.86. The molecule has 136 valence electrons. The molecule has 5 nitrogen and oxygen atoms in total. The number of rotatable bonds is 11. The second-order valence-corrected chi connectivity index (χ2v) is 8.00. The lowest BCUT2D eigenvalue weighted by Gasteiger charge is -2.12. The van der Waals surface area contributed by atoms with Crippen molar-refractivity contribution in [1.29, 1.82) is 0 Å². The summed E-state index contributed by atoms with van der Waals surface area (Å²) in [4.78, 5) is -0.0536. The molecule has 0 bridgehead atoms. The highest BCUT2D eigenvalue weighted by atomic mass is 32.2. The molecule has 2 rings (SSSR count). The maximum atomic E-state index is 11.4. The zero-order chi connectivity index (χ0) is 17.4. The normalized spacial score (nSPS) is 16.5. The molecule has 0 aromatic heterocycles. The van der Waals surface area contributed by atoms with Crippen LogP contribution in [0.2, 0.25) is 0 Å². The third kappa shape index (κ3) is 5.67. The minimum absolute atomic E-state index is 0.0347. The lowest BCUT2D eigenvalue weighted by atomic mass is 10.1. The van der Waals surface area contributed by atoms with Crippen molar-refractivity contribution in [2.45, 2.75) is 82.2 Å². The van der Waals surface area contributed by atoms with Crippen LogP contribution in [0.1, 0.15) is 71.1 Å². The molecule has 0 saturated carbocycles. The van der Waals surface area contributed by atoms with E-state index in [2.05, 4.69) is 17.6 Å². The highest BCUT2D eigenvalue weighted by Crippen LogP contribution is 2.35. The molecule has 6 heteroatoms. The molecule has 1 aromatic carbocycles. The summed E-state index contributed by atoms with van der Waals surface area (Å²) < 4.78 is 32.1. The predicted octanol–water partition coefficient (Wildman–Crippen LogP) is 5.02. The van der Waals surface area contributed by atoms with Gasteiger partial charge in [-0.05, 0) is 25.0 Å². The first-order valence-electron chi connectivity index (χ1n) is 9.16. The maximum Gasteiger partial charge on any atom is 0.296 e. The minimum atomic E-state index is -4.20. The molecule has 0 spiro atoms. The van der Waals surface area contributed by atoms with Crippen LogP contribution in [0.25, 0.3) is 0 Å². The number of benzene rings is 1.